The molecule has 0 aliphatic heterocycles. The van der Waals surface area contributed by atoms with Crippen LogP contribution in [0.1, 0.15) is 36.0 Å². The van der Waals surface area contributed by atoms with Gasteiger partial charge in [-0.1, -0.05) is 24.3 Å². The van der Waals surface area contributed by atoms with Gasteiger partial charge in [0.25, 0.3) is 5.91 Å². The van der Waals surface area contributed by atoms with Gasteiger partial charge in [0.15, 0.2) is 0 Å². The number of carbonyl (C=O) groups is 1. The molecule has 0 spiro atoms. The number of benzene rings is 1. The normalized spacial score (nSPS) is 15.4. The first-order valence-electron chi connectivity index (χ1n) is 5.57. The molecule has 0 aromatic heterocycles. The summed E-state index contributed by atoms with van der Waals surface area (Å²) in [6.45, 7) is 0. The summed E-state index contributed by atoms with van der Waals surface area (Å²) in [6.07, 6.45) is 6.97. The molecule has 1 aliphatic carbocycles. The minimum Gasteiger partial charge on any atom is -0.292 e. The lowest BCUT2D eigenvalue weighted by molar-refractivity contribution is 0.0984. The highest BCUT2D eigenvalue weighted by Crippen LogP contribution is 2.25. The lowest BCUT2D eigenvalue weighted by Gasteiger charge is -2.12. The molecule has 2 rings (SSSR count). The van der Waals surface area contributed by atoms with Crippen molar-refractivity contribution in [3.63, 3.8) is 0 Å². The minimum atomic E-state index is -0.0166. The predicted octanol–water partition coefficient (Wildman–Crippen LogP) is 3.52. The van der Waals surface area contributed by atoms with Crippen molar-refractivity contribution < 1.29 is 4.79 Å². The molecule has 0 atom stereocenters. The number of carbonyl (C=O) groups excluding carboxylic acids is 1. The molecule has 0 unspecified atom stereocenters. The zero-order valence-electron chi connectivity index (χ0n) is 9.11. The topological polar surface area (TPSA) is 29.1 Å². The van der Waals surface area contributed by atoms with Crippen molar-refractivity contribution in [2.75, 3.05) is 0 Å². The van der Waals surface area contributed by atoms with Gasteiger partial charge in [-0.15, -0.1) is 0 Å². The van der Waals surface area contributed by atoms with Crippen LogP contribution in [0.25, 0.3) is 0 Å². The maximum atomic E-state index is 11.7. The van der Waals surface area contributed by atoms with Gasteiger partial charge in [-0.05, 0) is 49.8 Å². The molecular weight excluding hydrogens is 218 g/mol. The number of rotatable bonds is 3. The molecule has 0 fully saturated rings. The highest BCUT2D eigenvalue weighted by Gasteiger charge is 2.08. The predicted molar refractivity (Wildman–Crippen MR) is 68.1 cm³/mol. The first-order chi connectivity index (χ1) is 7.86. The molecular formula is C13H15NOS. The Hall–Kier alpha value is -1.22. The molecule has 0 radical (unpaired) electrons. The van der Waals surface area contributed by atoms with E-state index in [2.05, 4.69) is 10.8 Å². The number of hydrogen-bond acceptors (Lipinski definition) is 2. The van der Waals surface area contributed by atoms with Gasteiger partial charge < -0.3 is 0 Å². The molecule has 16 heavy (non-hydrogen) atoms. The van der Waals surface area contributed by atoms with Crippen molar-refractivity contribution in [2.45, 2.75) is 25.7 Å². The van der Waals surface area contributed by atoms with Crippen molar-refractivity contribution in [2.24, 2.45) is 0 Å². The van der Waals surface area contributed by atoms with E-state index in [9.17, 15) is 4.79 Å². The third-order valence-corrected chi connectivity index (χ3v) is 3.48. The largest absolute Gasteiger partial charge is 0.292 e. The van der Waals surface area contributed by atoms with Crippen LogP contribution in [0.2, 0.25) is 0 Å². The van der Waals surface area contributed by atoms with Gasteiger partial charge in [0.1, 0.15) is 0 Å². The SMILES string of the molecule is O=C(NSC1=CCCCC1)c1ccccc1. The third-order valence-electron chi connectivity index (χ3n) is 2.56. The van der Waals surface area contributed by atoms with Crippen LogP contribution in [0.5, 0.6) is 0 Å². The molecule has 0 saturated carbocycles. The summed E-state index contributed by atoms with van der Waals surface area (Å²) in [5.41, 5.74) is 0.714. The molecule has 0 heterocycles. The molecule has 2 nitrogen and oxygen atoms in total. The number of nitrogens with one attached hydrogen (secondary N) is 1. The van der Waals surface area contributed by atoms with Crippen LogP contribution in [0.3, 0.4) is 0 Å². The van der Waals surface area contributed by atoms with E-state index in [0.29, 0.717) is 5.56 Å². The summed E-state index contributed by atoms with van der Waals surface area (Å²) < 4.78 is 2.88. The van der Waals surface area contributed by atoms with Gasteiger partial charge in [-0.3, -0.25) is 9.52 Å². The first kappa shape index (κ1) is 11.3. The van der Waals surface area contributed by atoms with Crippen LogP contribution in [-0.4, -0.2) is 5.91 Å². The average Bonchev–Trinajstić information content (AvgIpc) is 2.38. The molecule has 0 saturated heterocycles. The molecule has 1 aliphatic rings. The summed E-state index contributed by atoms with van der Waals surface area (Å²) in [6, 6.07) is 9.31. The fraction of sp³-hybridized carbons (Fsp3) is 0.308. The van der Waals surface area contributed by atoms with Crippen LogP contribution in [0.4, 0.5) is 0 Å². The highest BCUT2D eigenvalue weighted by atomic mass is 32.2. The maximum absolute atomic E-state index is 11.7. The Labute approximate surface area is 100 Å². The average molecular weight is 233 g/mol. The Balaban J connectivity index is 1.86. The Morgan fingerprint density at radius 3 is 2.69 bits per heavy atom. The fourth-order valence-corrected chi connectivity index (χ4v) is 2.45. The standard InChI is InChI=1S/C13H15NOS/c15-13(11-7-3-1-4-8-11)14-16-12-9-5-2-6-10-12/h1,3-4,7-9H,2,5-6,10H2,(H,14,15). The second-order valence-electron chi connectivity index (χ2n) is 3.82. The van der Waals surface area contributed by atoms with Crippen LogP contribution >= 0.6 is 11.9 Å². The van der Waals surface area contributed by atoms with Crippen LogP contribution in [0, 0.1) is 0 Å². The summed E-state index contributed by atoms with van der Waals surface area (Å²) >= 11 is 1.46. The van der Waals surface area contributed by atoms with Crippen molar-refractivity contribution in [3.8, 4) is 0 Å². The lowest BCUT2D eigenvalue weighted by Crippen LogP contribution is -2.16. The second kappa shape index (κ2) is 5.75. The minimum absolute atomic E-state index is 0.0166. The van der Waals surface area contributed by atoms with E-state index < -0.39 is 0 Å². The summed E-state index contributed by atoms with van der Waals surface area (Å²) in [5, 5.41) is 0. The molecule has 1 amide bonds. The van der Waals surface area contributed by atoms with E-state index in [1.807, 2.05) is 30.3 Å². The Bertz CT molecular complexity index is 386. The maximum Gasteiger partial charge on any atom is 0.261 e. The monoisotopic (exact) mass is 233 g/mol. The number of allylic oxidation sites excluding steroid dienone is 2. The summed E-state index contributed by atoms with van der Waals surface area (Å²) in [4.78, 5) is 13.0. The van der Waals surface area contributed by atoms with Crippen LogP contribution in [0.15, 0.2) is 41.3 Å². The fourth-order valence-electron chi connectivity index (χ4n) is 1.66. The smallest absolute Gasteiger partial charge is 0.261 e. The molecule has 1 aromatic rings. The lowest BCUT2D eigenvalue weighted by atomic mass is 10.1. The van der Waals surface area contributed by atoms with Crippen LogP contribution < -0.4 is 4.72 Å². The zero-order chi connectivity index (χ0) is 11.2. The van der Waals surface area contributed by atoms with E-state index in [-0.39, 0.29) is 5.91 Å². The molecule has 1 aromatic carbocycles. The van der Waals surface area contributed by atoms with Gasteiger partial charge >= 0.3 is 0 Å². The van der Waals surface area contributed by atoms with Gasteiger partial charge in [0.05, 0.1) is 0 Å². The van der Waals surface area contributed by atoms with Gasteiger partial charge in [0, 0.05) is 10.5 Å². The van der Waals surface area contributed by atoms with E-state index >= 15 is 0 Å². The number of amides is 1. The zero-order valence-corrected chi connectivity index (χ0v) is 9.93. The van der Waals surface area contributed by atoms with Crippen molar-refractivity contribution in [3.05, 3.63) is 46.9 Å². The van der Waals surface area contributed by atoms with E-state index in [1.54, 1.807) is 0 Å². The Morgan fingerprint density at radius 1 is 1.19 bits per heavy atom. The third kappa shape index (κ3) is 3.14. The van der Waals surface area contributed by atoms with Crippen molar-refractivity contribution in [1.82, 2.24) is 4.72 Å². The van der Waals surface area contributed by atoms with Crippen molar-refractivity contribution in [1.29, 1.82) is 0 Å². The number of hydrogen-bond donors (Lipinski definition) is 1. The van der Waals surface area contributed by atoms with Gasteiger partial charge in [0.2, 0.25) is 0 Å². The molecule has 1 N–H and O–H groups in total. The van der Waals surface area contributed by atoms with E-state index in [1.165, 1.54) is 29.7 Å². The molecule has 0 bridgehead atoms. The highest BCUT2D eigenvalue weighted by molar-refractivity contribution is 8.01. The quantitative estimate of drug-likeness (QED) is 0.809. The van der Waals surface area contributed by atoms with E-state index in [4.69, 9.17) is 0 Å². The van der Waals surface area contributed by atoms with Gasteiger partial charge in [-0.25, -0.2) is 0 Å². The van der Waals surface area contributed by atoms with E-state index in [0.717, 1.165) is 12.8 Å². The molecule has 84 valence electrons. The first-order valence-corrected chi connectivity index (χ1v) is 6.39. The van der Waals surface area contributed by atoms with Crippen molar-refractivity contribution >= 4 is 17.9 Å². The molecule has 3 heteroatoms. The van der Waals surface area contributed by atoms with Gasteiger partial charge in [-0.2, -0.15) is 0 Å². The Morgan fingerprint density at radius 2 is 2.00 bits per heavy atom. The summed E-state index contributed by atoms with van der Waals surface area (Å²) in [5.74, 6) is -0.0166. The van der Waals surface area contributed by atoms with Crippen LogP contribution in [-0.2, 0) is 0 Å². The second-order valence-corrected chi connectivity index (χ2v) is 4.75. The Kier molecular flexibility index (Phi) is 4.05. The summed E-state index contributed by atoms with van der Waals surface area (Å²) in [7, 11) is 0.